The molecule has 0 fully saturated rings. The van der Waals surface area contributed by atoms with Crippen molar-refractivity contribution >= 4 is 5.91 Å². The van der Waals surface area contributed by atoms with Gasteiger partial charge in [0.15, 0.2) is 0 Å². The average molecular weight is 201 g/mol. The van der Waals surface area contributed by atoms with Gasteiger partial charge in [0.2, 0.25) is 5.91 Å². The number of carbonyl (C=O) groups is 1. The molecule has 0 N–H and O–H groups in total. The molecule has 0 saturated carbocycles. The zero-order chi connectivity index (χ0) is 11.0. The second kappa shape index (κ2) is 7.80. The minimum atomic E-state index is 0.249. The molecule has 0 radical (unpaired) electrons. The van der Waals surface area contributed by atoms with Crippen molar-refractivity contribution in [2.45, 2.75) is 33.6 Å². The molecule has 1 amide bonds. The quantitative estimate of drug-likeness (QED) is 0.630. The number of amides is 1. The number of hydrogen-bond acceptors (Lipinski definition) is 2. The second-order valence-electron chi connectivity index (χ2n) is 3.97. The molecule has 0 saturated heterocycles. The third-order valence-electron chi connectivity index (χ3n) is 1.99. The van der Waals surface area contributed by atoms with Crippen molar-refractivity contribution in [2.75, 3.05) is 26.8 Å². The van der Waals surface area contributed by atoms with Gasteiger partial charge in [-0.2, -0.15) is 0 Å². The molecule has 0 aromatic carbocycles. The molecule has 0 aliphatic carbocycles. The molecule has 0 aromatic rings. The molecule has 0 unspecified atom stereocenters. The van der Waals surface area contributed by atoms with E-state index in [1.807, 2.05) is 4.90 Å². The predicted molar refractivity (Wildman–Crippen MR) is 58.2 cm³/mol. The van der Waals surface area contributed by atoms with E-state index in [2.05, 4.69) is 20.8 Å². The lowest BCUT2D eigenvalue weighted by atomic mass is 10.1. The van der Waals surface area contributed by atoms with E-state index in [9.17, 15) is 4.79 Å². The first-order chi connectivity index (χ1) is 6.61. The van der Waals surface area contributed by atoms with Crippen LogP contribution in [0.5, 0.6) is 0 Å². The fourth-order valence-corrected chi connectivity index (χ4v) is 1.31. The number of rotatable bonds is 7. The van der Waals surface area contributed by atoms with Crippen LogP contribution in [0.15, 0.2) is 0 Å². The Morgan fingerprint density at radius 1 is 1.36 bits per heavy atom. The van der Waals surface area contributed by atoms with Crippen LogP contribution in [0.4, 0.5) is 0 Å². The van der Waals surface area contributed by atoms with Gasteiger partial charge in [-0.25, -0.2) is 0 Å². The van der Waals surface area contributed by atoms with Crippen LogP contribution in [0, 0.1) is 5.92 Å². The van der Waals surface area contributed by atoms with Crippen molar-refractivity contribution in [3.05, 3.63) is 0 Å². The smallest absolute Gasteiger partial charge is 0.222 e. The van der Waals surface area contributed by atoms with Crippen LogP contribution in [0.3, 0.4) is 0 Å². The average Bonchev–Trinajstić information content (AvgIpc) is 2.10. The van der Waals surface area contributed by atoms with Crippen LogP contribution in [-0.4, -0.2) is 37.6 Å². The highest BCUT2D eigenvalue weighted by atomic mass is 16.5. The van der Waals surface area contributed by atoms with E-state index in [0.717, 1.165) is 19.5 Å². The fraction of sp³-hybridized carbons (Fsp3) is 0.909. The zero-order valence-electron chi connectivity index (χ0n) is 9.88. The maximum Gasteiger partial charge on any atom is 0.222 e. The SMILES string of the molecule is CCCN(CCOC)C(=O)CC(C)C. The molecular weight excluding hydrogens is 178 g/mol. The van der Waals surface area contributed by atoms with Crippen LogP contribution in [0.1, 0.15) is 33.6 Å². The molecule has 3 heteroatoms. The van der Waals surface area contributed by atoms with Crippen LogP contribution in [-0.2, 0) is 9.53 Å². The number of methoxy groups -OCH3 is 1. The molecule has 0 rings (SSSR count). The van der Waals surface area contributed by atoms with E-state index >= 15 is 0 Å². The maximum atomic E-state index is 11.7. The monoisotopic (exact) mass is 201 g/mol. The minimum Gasteiger partial charge on any atom is -0.383 e. The summed E-state index contributed by atoms with van der Waals surface area (Å²) in [7, 11) is 1.66. The summed E-state index contributed by atoms with van der Waals surface area (Å²) < 4.78 is 4.98. The van der Waals surface area contributed by atoms with Gasteiger partial charge in [0.1, 0.15) is 0 Å². The Kier molecular flexibility index (Phi) is 7.48. The molecule has 0 aromatic heterocycles. The molecule has 0 heterocycles. The summed E-state index contributed by atoms with van der Waals surface area (Å²) in [5.41, 5.74) is 0. The Bertz CT molecular complexity index is 157. The molecule has 3 nitrogen and oxygen atoms in total. The molecule has 14 heavy (non-hydrogen) atoms. The van der Waals surface area contributed by atoms with Gasteiger partial charge in [0.25, 0.3) is 0 Å². The van der Waals surface area contributed by atoms with Crippen molar-refractivity contribution in [3.8, 4) is 0 Å². The van der Waals surface area contributed by atoms with E-state index in [4.69, 9.17) is 4.74 Å². The van der Waals surface area contributed by atoms with E-state index in [-0.39, 0.29) is 5.91 Å². The van der Waals surface area contributed by atoms with Crippen molar-refractivity contribution in [3.63, 3.8) is 0 Å². The third-order valence-corrected chi connectivity index (χ3v) is 1.99. The zero-order valence-corrected chi connectivity index (χ0v) is 9.88. The van der Waals surface area contributed by atoms with Gasteiger partial charge in [0, 0.05) is 26.6 Å². The summed E-state index contributed by atoms with van der Waals surface area (Å²) in [4.78, 5) is 13.6. The van der Waals surface area contributed by atoms with Gasteiger partial charge in [-0.15, -0.1) is 0 Å². The molecule has 84 valence electrons. The summed E-state index contributed by atoms with van der Waals surface area (Å²) in [6, 6.07) is 0. The van der Waals surface area contributed by atoms with E-state index in [0.29, 0.717) is 18.9 Å². The normalized spacial score (nSPS) is 10.6. The number of carbonyl (C=O) groups excluding carboxylic acids is 1. The standard InChI is InChI=1S/C11H23NO2/c1-5-6-12(7-8-14-4)11(13)9-10(2)3/h10H,5-9H2,1-4H3. The van der Waals surface area contributed by atoms with Gasteiger partial charge >= 0.3 is 0 Å². The lowest BCUT2D eigenvalue weighted by molar-refractivity contribution is -0.132. The Hall–Kier alpha value is -0.570. The van der Waals surface area contributed by atoms with Crippen molar-refractivity contribution in [1.82, 2.24) is 4.90 Å². The third kappa shape index (κ3) is 5.97. The summed E-state index contributed by atoms with van der Waals surface area (Å²) >= 11 is 0. The van der Waals surface area contributed by atoms with Crippen LogP contribution in [0.25, 0.3) is 0 Å². The highest BCUT2D eigenvalue weighted by Gasteiger charge is 2.13. The van der Waals surface area contributed by atoms with Crippen LogP contribution >= 0.6 is 0 Å². The molecule has 0 spiro atoms. The van der Waals surface area contributed by atoms with Crippen LogP contribution < -0.4 is 0 Å². The van der Waals surface area contributed by atoms with Gasteiger partial charge in [-0.3, -0.25) is 4.79 Å². The topological polar surface area (TPSA) is 29.5 Å². The fourth-order valence-electron chi connectivity index (χ4n) is 1.31. The van der Waals surface area contributed by atoms with E-state index in [1.165, 1.54) is 0 Å². The van der Waals surface area contributed by atoms with Gasteiger partial charge in [-0.1, -0.05) is 20.8 Å². The Balaban J connectivity index is 3.97. The lowest BCUT2D eigenvalue weighted by Gasteiger charge is -2.22. The van der Waals surface area contributed by atoms with E-state index < -0.39 is 0 Å². The Morgan fingerprint density at radius 2 is 2.00 bits per heavy atom. The van der Waals surface area contributed by atoms with Gasteiger partial charge in [0.05, 0.1) is 6.61 Å². The van der Waals surface area contributed by atoms with Gasteiger partial charge in [-0.05, 0) is 12.3 Å². The summed E-state index contributed by atoms with van der Waals surface area (Å²) in [5.74, 6) is 0.684. The second-order valence-corrected chi connectivity index (χ2v) is 3.97. The van der Waals surface area contributed by atoms with Crippen molar-refractivity contribution < 1.29 is 9.53 Å². The number of ether oxygens (including phenoxy) is 1. The number of hydrogen-bond donors (Lipinski definition) is 0. The van der Waals surface area contributed by atoms with Crippen molar-refractivity contribution in [2.24, 2.45) is 5.92 Å². The summed E-state index contributed by atoms with van der Waals surface area (Å²) in [5, 5.41) is 0. The molecule has 0 aliphatic rings. The molecule has 0 atom stereocenters. The minimum absolute atomic E-state index is 0.249. The van der Waals surface area contributed by atoms with Crippen LogP contribution in [0.2, 0.25) is 0 Å². The highest BCUT2D eigenvalue weighted by Crippen LogP contribution is 2.04. The van der Waals surface area contributed by atoms with Gasteiger partial charge < -0.3 is 9.64 Å². The summed E-state index contributed by atoms with van der Waals surface area (Å²) in [6.45, 7) is 8.41. The number of nitrogens with zero attached hydrogens (tertiary/aromatic N) is 1. The lowest BCUT2D eigenvalue weighted by Crippen LogP contribution is -2.35. The maximum absolute atomic E-state index is 11.7. The largest absolute Gasteiger partial charge is 0.383 e. The first kappa shape index (κ1) is 13.4. The molecule has 0 aliphatic heterocycles. The summed E-state index contributed by atoms with van der Waals surface area (Å²) in [6.07, 6.45) is 1.65. The van der Waals surface area contributed by atoms with Crippen molar-refractivity contribution in [1.29, 1.82) is 0 Å². The molecule has 0 bridgehead atoms. The predicted octanol–water partition coefficient (Wildman–Crippen LogP) is 1.92. The molecular formula is C11H23NO2. The highest BCUT2D eigenvalue weighted by molar-refractivity contribution is 5.76. The Labute approximate surface area is 87.4 Å². The Morgan fingerprint density at radius 3 is 2.43 bits per heavy atom. The first-order valence-corrected chi connectivity index (χ1v) is 5.38. The van der Waals surface area contributed by atoms with E-state index in [1.54, 1.807) is 7.11 Å². The first-order valence-electron chi connectivity index (χ1n) is 5.38.